The molecule has 5 heteroatoms. The Balaban J connectivity index is 0. The van der Waals surface area contributed by atoms with Gasteiger partial charge in [-0.15, -0.1) is 0 Å². The Kier molecular flexibility index (Phi) is 17.9. The molecule has 0 saturated carbocycles. The average Bonchev–Trinajstić information content (AvgIpc) is 2.51. The fraction of sp³-hybridized carbons (Fsp3) is 0.895. The van der Waals surface area contributed by atoms with Gasteiger partial charge in [0.05, 0.1) is 0 Å². The zero-order valence-electron chi connectivity index (χ0n) is 15.1. The molecule has 0 atom stereocenters. The van der Waals surface area contributed by atoms with Crippen LogP contribution in [0.3, 0.4) is 0 Å². The molecule has 0 aliphatic rings. The zero-order valence-corrected chi connectivity index (χ0v) is 15.1. The van der Waals surface area contributed by atoms with Crippen molar-refractivity contribution in [3.05, 3.63) is 0 Å². The quantitative estimate of drug-likeness (QED) is 0.233. The SMILES string of the molecule is CCCCCCCCCCCCC(CCCC)(C(=O)O)C(=O)O.[NaH]. The normalized spacial score (nSPS) is 11.1. The van der Waals surface area contributed by atoms with Crippen molar-refractivity contribution >= 4 is 41.5 Å². The first-order valence-corrected chi connectivity index (χ1v) is 9.48. The molecule has 138 valence electrons. The molecule has 2 N–H and O–H groups in total. The maximum absolute atomic E-state index is 11.5. The summed E-state index contributed by atoms with van der Waals surface area (Å²) in [6, 6.07) is 0. The summed E-state index contributed by atoms with van der Waals surface area (Å²) in [6.45, 7) is 4.17. The molecule has 0 aliphatic heterocycles. The third kappa shape index (κ3) is 10.7. The topological polar surface area (TPSA) is 74.6 Å². The number of aliphatic carboxylic acids is 2. The monoisotopic (exact) mass is 352 g/mol. The van der Waals surface area contributed by atoms with Crippen molar-refractivity contribution in [2.24, 2.45) is 5.41 Å². The van der Waals surface area contributed by atoms with Gasteiger partial charge in [-0.2, -0.15) is 0 Å². The first kappa shape index (κ1) is 26.2. The fourth-order valence-electron chi connectivity index (χ4n) is 3.04. The Morgan fingerprint density at radius 2 is 0.958 bits per heavy atom. The molecule has 0 radical (unpaired) electrons. The first-order valence-electron chi connectivity index (χ1n) is 9.48. The van der Waals surface area contributed by atoms with Crippen LogP contribution in [-0.2, 0) is 9.59 Å². The van der Waals surface area contributed by atoms with Crippen LogP contribution in [-0.4, -0.2) is 51.7 Å². The van der Waals surface area contributed by atoms with Crippen molar-refractivity contribution < 1.29 is 19.8 Å². The number of hydrogen-bond donors (Lipinski definition) is 2. The summed E-state index contributed by atoms with van der Waals surface area (Å²) in [5.41, 5.74) is -1.57. The van der Waals surface area contributed by atoms with Crippen molar-refractivity contribution in [1.29, 1.82) is 0 Å². The standard InChI is InChI=1S/C19H36O4.Na.H/c1-3-5-7-8-9-10-11-12-13-14-16-19(17(20)21,18(22)23)15-6-4-2;;/h3-16H2,1-2H3,(H,20,21)(H,22,23);;. The van der Waals surface area contributed by atoms with Crippen LogP contribution < -0.4 is 0 Å². The minimum absolute atomic E-state index is 0. The summed E-state index contributed by atoms with van der Waals surface area (Å²) in [5, 5.41) is 18.8. The number of carbonyl (C=O) groups is 2. The molecule has 0 rings (SSSR count). The van der Waals surface area contributed by atoms with Crippen LogP contribution in [0.2, 0.25) is 0 Å². The molecule has 0 fully saturated rings. The van der Waals surface area contributed by atoms with Crippen LogP contribution in [0.25, 0.3) is 0 Å². The van der Waals surface area contributed by atoms with Gasteiger partial charge in [0.25, 0.3) is 0 Å². The third-order valence-electron chi connectivity index (χ3n) is 4.73. The second-order valence-electron chi connectivity index (χ2n) is 6.73. The van der Waals surface area contributed by atoms with Gasteiger partial charge >= 0.3 is 41.5 Å². The number of carboxylic acids is 2. The average molecular weight is 352 g/mol. The molecule has 24 heavy (non-hydrogen) atoms. The van der Waals surface area contributed by atoms with Crippen LogP contribution in [0.4, 0.5) is 0 Å². The van der Waals surface area contributed by atoms with E-state index in [1.165, 1.54) is 44.9 Å². The predicted molar refractivity (Wildman–Crippen MR) is 101 cm³/mol. The van der Waals surface area contributed by atoms with Gasteiger partial charge in [0.1, 0.15) is 0 Å². The number of carboxylic acid groups (broad SMARTS) is 2. The molecule has 0 spiro atoms. The van der Waals surface area contributed by atoms with Gasteiger partial charge < -0.3 is 10.2 Å². The number of rotatable bonds is 16. The Morgan fingerprint density at radius 3 is 1.33 bits per heavy atom. The molecular weight excluding hydrogens is 315 g/mol. The van der Waals surface area contributed by atoms with Crippen molar-refractivity contribution in [2.75, 3.05) is 0 Å². The Labute approximate surface area is 170 Å². The Hall–Kier alpha value is -0.0600. The summed E-state index contributed by atoms with van der Waals surface area (Å²) < 4.78 is 0. The molecule has 0 aromatic heterocycles. The Morgan fingerprint density at radius 1 is 0.625 bits per heavy atom. The van der Waals surface area contributed by atoms with Gasteiger partial charge in [0.15, 0.2) is 5.41 Å². The summed E-state index contributed by atoms with van der Waals surface area (Å²) >= 11 is 0. The maximum atomic E-state index is 11.5. The summed E-state index contributed by atoms with van der Waals surface area (Å²) in [7, 11) is 0. The molecule has 0 bridgehead atoms. The summed E-state index contributed by atoms with van der Waals surface area (Å²) in [6.07, 6.45) is 13.6. The molecule has 0 heterocycles. The molecule has 0 aliphatic carbocycles. The second kappa shape index (κ2) is 16.4. The second-order valence-corrected chi connectivity index (χ2v) is 6.73. The Bertz CT molecular complexity index is 317. The van der Waals surface area contributed by atoms with Gasteiger partial charge in [-0.05, 0) is 12.8 Å². The zero-order chi connectivity index (χ0) is 17.6. The van der Waals surface area contributed by atoms with Crippen molar-refractivity contribution in [1.82, 2.24) is 0 Å². The van der Waals surface area contributed by atoms with E-state index in [9.17, 15) is 19.8 Å². The molecule has 0 amide bonds. The van der Waals surface area contributed by atoms with E-state index in [1.807, 2.05) is 6.92 Å². The van der Waals surface area contributed by atoms with Gasteiger partial charge in [-0.25, -0.2) is 0 Å². The molecule has 4 nitrogen and oxygen atoms in total. The predicted octanol–water partition coefficient (Wildman–Crippen LogP) is 4.99. The minimum atomic E-state index is -1.57. The summed E-state index contributed by atoms with van der Waals surface area (Å²) in [5.74, 6) is -2.34. The van der Waals surface area contributed by atoms with E-state index in [4.69, 9.17) is 0 Å². The first-order chi connectivity index (χ1) is 11.0. The van der Waals surface area contributed by atoms with Gasteiger partial charge in [0.2, 0.25) is 0 Å². The number of unbranched alkanes of at least 4 members (excludes halogenated alkanes) is 10. The third-order valence-corrected chi connectivity index (χ3v) is 4.73. The fourth-order valence-corrected chi connectivity index (χ4v) is 3.04. The molecule has 0 aromatic carbocycles. The van der Waals surface area contributed by atoms with E-state index in [-0.39, 0.29) is 42.4 Å². The van der Waals surface area contributed by atoms with E-state index in [2.05, 4.69) is 6.92 Å². The molecule has 0 aromatic rings. The molecule has 0 saturated heterocycles. The van der Waals surface area contributed by atoms with Gasteiger partial charge in [-0.3, -0.25) is 9.59 Å². The van der Waals surface area contributed by atoms with Crippen molar-refractivity contribution in [3.8, 4) is 0 Å². The van der Waals surface area contributed by atoms with Crippen LogP contribution in [0.1, 0.15) is 104 Å². The van der Waals surface area contributed by atoms with E-state index >= 15 is 0 Å². The van der Waals surface area contributed by atoms with Gasteiger partial charge in [-0.1, -0.05) is 90.9 Å². The van der Waals surface area contributed by atoms with Crippen molar-refractivity contribution in [2.45, 2.75) is 104 Å². The van der Waals surface area contributed by atoms with Crippen LogP contribution in [0.5, 0.6) is 0 Å². The number of hydrogen-bond acceptors (Lipinski definition) is 2. The van der Waals surface area contributed by atoms with Crippen LogP contribution >= 0.6 is 0 Å². The van der Waals surface area contributed by atoms with Crippen molar-refractivity contribution in [3.63, 3.8) is 0 Å². The molecule has 0 unspecified atom stereocenters. The van der Waals surface area contributed by atoms with E-state index in [1.54, 1.807) is 0 Å². The molecular formula is C19H37NaO4. The van der Waals surface area contributed by atoms with E-state index in [0.717, 1.165) is 19.3 Å². The van der Waals surface area contributed by atoms with Gasteiger partial charge in [0, 0.05) is 0 Å². The van der Waals surface area contributed by atoms with E-state index < -0.39 is 17.4 Å². The van der Waals surface area contributed by atoms with Crippen LogP contribution in [0, 0.1) is 5.41 Å². The van der Waals surface area contributed by atoms with Crippen LogP contribution in [0.15, 0.2) is 0 Å². The summed E-state index contributed by atoms with van der Waals surface area (Å²) in [4.78, 5) is 23.0. The van der Waals surface area contributed by atoms with E-state index in [0.29, 0.717) is 12.8 Å².